The number of rotatable bonds is 25. The van der Waals surface area contributed by atoms with Crippen LogP contribution in [-0.4, -0.2) is 137 Å². The second-order valence-electron chi connectivity index (χ2n) is 11.2. The van der Waals surface area contributed by atoms with Crippen LogP contribution in [-0.2, 0) is 43.4 Å². The van der Waals surface area contributed by atoms with Gasteiger partial charge in [-0.3, -0.25) is 13.2 Å². The van der Waals surface area contributed by atoms with Crippen molar-refractivity contribution >= 4 is 26.7 Å². The van der Waals surface area contributed by atoms with Crippen LogP contribution >= 0.6 is 0 Å². The van der Waals surface area contributed by atoms with Crippen LogP contribution in [0.25, 0.3) is 0 Å². The van der Waals surface area contributed by atoms with Crippen molar-refractivity contribution in [2.75, 3.05) is 19.8 Å². The van der Waals surface area contributed by atoms with Gasteiger partial charge in [0.2, 0.25) is 20.8 Å². The van der Waals surface area contributed by atoms with Gasteiger partial charge in [-0.15, -0.1) is 0 Å². The predicted octanol–water partition coefficient (Wildman–Crippen LogP) is -7.96. The molecule has 0 saturated carbocycles. The van der Waals surface area contributed by atoms with Crippen molar-refractivity contribution < 1.29 is 138 Å². The van der Waals surface area contributed by atoms with Crippen molar-refractivity contribution in [1.29, 1.82) is 0 Å². The summed E-state index contributed by atoms with van der Waals surface area (Å²) >= 11 is 0. The molecule has 22 heteroatoms. The first kappa shape index (κ1) is 51.0. The standard InChI is InChI=1S/C26H51NO17S2.2Na/c1-2-3-4-5-6-7-8-9-10-11-12-13-14-27-25(34)22(32)21(31)24(17(28)15-41-45(35,36)37)44-26-23(33)20(30)19(29)18(43-26)16-42-46(38,39)40;;/h17-24,26,28-33H,2-16H2,1H3,(H,27,34)(H,35,36,37)(H,38,39,40);;/q;2*+1/p-2/t17-,18?,19-,20?,21-,22-,23+,24-,26-;;/m1../s1. The van der Waals surface area contributed by atoms with E-state index >= 15 is 0 Å². The van der Waals surface area contributed by atoms with Crippen molar-refractivity contribution in [2.45, 2.75) is 139 Å². The smallest absolute Gasteiger partial charge is 0.726 e. The van der Waals surface area contributed by atoms with Gasteiger partial charge < -0.3 is 54.5 Å². The number of hydrogen-bond donors (Lipinski definition) is 7. The first-order valence-corrected chi connectivity index (χ1v) is 18.0. The van der Waals surface area contributed by atoms with E-state index in [1.54, 1.807) is 0 Å². The van der Waals surface area contributed by atoms with Crippen molar-refractivity contribution in [3.8, 4) is 0 Å². The molecule has 1 fully saturated rings. The minimum absolute atomic E-state index is 0. The SMILES string of the molecule is CCCCCCCCCCCCCCNC(=O)[C@H](O)[C@@H](O)[C@H](O[C@H]1OC(COS(=O)(=O)[O-])[C@@H](O)C(O)[C@@H]1O)[C@H](O)COS(=O)(=O)[O-].[Na+].[Na+]. The van der Waals surface area contributed by atoms with Crippen LogP contribution in [0.5, 0.6) is 0 Å². The molecule has 9 atom stereocenters. The van der Waals surface area contributed by atoms with Crippen molar-refractivity contribution in [3.05, 3.63) is 0 Å². The Morgan fingerprint density at radius 3 is 1.73 bits per heavy atom. The Hall–Kier alpha value is 0.890. The Balaban J connectivity index is 0. The van der Waals surface area contributed by atoms with Crippen molar-refractivity contribution in [2.24, 2.45) is 0 Å². The summed E-state index contributed by atoms with van der Waals surface area (Å²) in [7, 11) is -10.7. The molecule has 18 nitrogen and oxygen atoms in total. The molecule has 2 unspecified atom stereocenters. The molecule has 1 aliphatic heterocycles. The maximum Gasteiger partial charge on any atom is 1.00 e. The summed E-state index contributed by atoms with van der Waals surface area (Å²) in [6.45, 7) is -0.245. The number of amides is 1. The Bertz CT molecular complexity index is 1070. The van der Waals surface area contributed by atoms with Crippen LogP contribution in [0, 0.1) is 0 Å². The Morgan fingerprint density at radius 1 is 0.771 bits per heavy atom. The van der Waals surface area contributed by atoms with Gasteiger partial charge in [0.1, 0.15) is 42.7 Å². The molecule has 1 saturated heterocycles. The van der Waals surface area contributed by atoms with Gasteiger partial charge in [0, 0.05) is 6.54 Å². The molecule has 48 heavy (non-hydrogen) atoms. The zero-order chi connectivity index (χ0) is 34.9. The second-order valence-corrected chi connectivity index (χ2v) is 13.3. The van der Waals surface area contributed by atoms with E-state index in [0.717, 1.165) is 32.1 Å². The largest absolute Gasteiger partial charge is 1.00 e. The summed E-state index contributed by atoms with van der Waals surface area (Å²) in [5, 5.41) is 64.4. The van der Waals surface area contributed by atoms with E-state index < -0.39 is 95.0 Å². The molecule has 0 bridgehead atoms. The summed E-state index contributed by atoms with van der Waals surface area (Å²) in [5.74, 6) is -1.12. The Kier molecular flexibility index (Phi) is 28.3. The number of aliphatic hydroxyl groups is 6. The van der Waals surface area contributed by atoms with E-state index in [1.165, 1.54) is 38.5 Å². The molecule has 0 aromatic rings. The summed E-state index contributed by atoms with van der Waals surface area (Å²) in [6.07, 6.45) is -6.66. The maximum atomic E-state index is 12.5. The Morgan fingerprint density at radius 2 is 1.25 bits per heavy atom. The fourth-order valence-corrected chi connectivity index (χ4v) is 5.34. The summed E-state index contributed by atoms with van der Waals surface area (Å²) in [5.41, 5.74) is 0. The summed E-state index contributed by atoms with van der Waals surface area (Å²) in [6, 6.07) is 0. The zero-order valence-electron chi connectivity index (χ0n) is 27.8. The topological polar surface area (TPSA) is 302 Å². The maximum absolute atomic E-state index is 12.5. The van der Waals surface area contributed by atoms with Gasteiger partial charge in [0.15, 0.2) is 12.4 Å². The van der Waals surface area contributed by atoms with Crippen molar-refractivity contribution in [3.63, 3.8) is 0 Å². The van der Waals surface area contributed by atoms with Gasteiger partial charge in [-0.05, 0) is 6.42 Å². The second kappa shape index (κ2) is 26.6. The van der Waals surface area contributed by atoms with Crippen LogP contribution in [0.4, 0.5) is 0 Å². The molecule has 7 N–H and O–H groups in total. The van der Waals surface area contributed by atoms with Crippen LogP contribution in [0.15, 0.2) is 0 Å². The van der Waals surface area contributed by atoms with E-state index in [-0.39, 0.29) is 65.7 Å². The molecular formula is C26H49NNa2O17S2. The number of nitrogens with one attached hydrogen (secondary N) is 1. The van der Waals surface area contributed by atoms with Gasteiger partial charge in [0.25, 0.3) is 5.91 Å². The molecule has 274 valence electrons. The zero-order valence-corrected chi connectivity index (χ0v) is 33.4. The predicted molar refractivity (Wildman–Crippen MR) is 155 cm³/mol. The third kappa shape index (κ3) is 21.4. The Labute approximate surface area is 326 Å². The fraction of sp³-hybridized carbons (Fsp3) is 0.962. The van der Waals surface area contributed by atoms with Gasteiger partial charge in [-0.25, -0.2) is 16.8 Å². The van der Waals surface area contributed by atoms with E-state index in [4.69, 9.17) is 9.47 Å². The minimum Gasteiger partial charge on any atom is -0.726 e. The minimum atomic E-state index is -5.38. The molecule has 1 amide bonds. The summed E-state index contributed by atoms with van der Waals surface area (Å²) < 4.78 is 83.2. The third-order valence-electron chi connectivity index (χ3n) is 7.36. The normalized spacial score (nSPS) is 24.1. The molecule has 0 aliphatic carbocycles. The van der Waals surface area contributed by atoms with Crippen LogP contribution in [0.3, 0.4) is 0 Å². The molecule has 0 aromatic heterocycles. The monoisotopic (exact) mass is 757 g/mol. The van der Waals surface area contributed by atoms with Gasteiger partial charge in [-0.1, -0.05) is 77.6 Å². The fourth-order valence-electron chi connectivity index (χ4n) is 4.74. The molecule has 0 aromatic carbocycles. The molecule has 1 rings (SSSR count). The van der Waals surface area contributed by atoms with Crippen LogP contribution in [0.2, 0.25) is 0 Å². The van der Waals surface area contributed by atoms with Crippen LogP contribution in [0.1, 0.15) is 84.0 Å². The third-order valence-corrected chi connectivity index (χ3v) is 8.21. The van der Waals surface area contributed by atoms with E-state index in [1.807, 2.05) is 0 Å². The number of carbonyl (C=O) groups is 1. The average molecular weight is 758 g/mol. The number of carbonyl (C=O) groups excluding carboxylic acids is 1. The quantitative estimate of drug-likeness (QED) is 0.0197. The van der Waals surface area contributed by atoms with Gasteiger partial charge >= 0.3 is 59.1 Å². The van der Waals surface area contributed by atoms with Crippen molar-refractivity contribution in [1.82, 2.24) is 5.32 Å². The number of ether oxygens (including phenoxy) is 2. The number of unbranched alkanes of at least 4 members (excludes halogenated alkanes) is 11. The summed E-state index contributed by atoms with van der Waals surface area (Å²) in [4.78, 5) is 12.5. The molecule has 0 radical (unpaired) electrons. The molecular weight excluding hydrogens is 708 g/mol. The van der Waals surface area contributed by atoms with E-state index in [9.17, 15) is 61.4 Å². The number of aliphatic hydroxyl groups excluding tert-OH is 6. The van der Waals surface area contributed by atoms with E-state index in [2.05, 4.69) is 20.6 Å². The molecule has 1 aliphatic rings. The molecule has 1 heterocycles. The first-order chi connectivity index (χ1) is 21.5. The first-order valence-electron chi connectivity index (χ1n) is 15.4. The average Bonchev–Trinajstić information content (AvgIpc) is 2.98. The van der Waals surface area contributed by atoms with E-state index in [0.29, 0.717) is 6.42 Å². The van der Waals surface area contributed by atoms with Gasteiger partial charge in [-0.2, -0.15) is 0 Å². The van der Waals surface area contributed by atoms with Crippen LogP contribution < -0.4 is 64.4 Å². The molecule has 0 spiro atoms. The number of hydrogen-bond acceptors (Lipinski definition) is 17. The van der Waals surface area contributed by atoms with Gasteiger partial charge in [0.05, 0.1) is 13.2 Å².